The molecular formula is C46H30N2S. The van der Waals surface area contributed by atoms with Gasteiger partial charge in [0.2, 0.25) is 0 Å². The van der Waals surface area contributed by atoms with Crippen molar-refractivity contribution in [2.75, 3.05) is 4.90 Å². The van der Waals surface area contributed by atoms with Crippen molar-refractivity contribution in [2.45, 2.75) is 0 Å². The number of benzene rings is 8. The summed E-state index contributed by atoms with van der Waals surface area (Å²) in [6.07, 6.45) is 0. The molecule has 0 aliphatic carbocycles. The van der Waals surface area contributed by atoms with Crippen LogP contribution in [0.15, 0.2) is 182 Å². The number of anilines is 3. The van der Waals surface area contributed by atoms with Crippen molar-refractivity contribution >= 4 is 81.1 Å². The number of hydrogen-bond donors (Lipinski definition) is 0. The molecule has 2 heterocycles. The highest BCUT2D eigenvalue weighted by Crippen LogP contribution is 2.43. The van der Waals surface area contributed by atoms with Gasteiger partial charge in [0.1, 0.15) is 0 Å². The number of nitrogens with zero attached hydrogens (tertiary/aromatic N) is 2. The van der Waals surface area contributed by atoms with Crippen molar-refractivity contribution in [3.05, 3.63) is 182 Å². The Morgan fingerprint density at radius 2 is 1.02 bits per heavy atom. The molecule has 2 nitrogen and oxygen atoms in total. The van der Waals surface area contributed by atoms with Crippen LogP contribution in [0.25, 0.3) is 69.6 Å². The zero-order chi connectivity index (χ0) is 32.3. The Morgan fingerprint density at radius 3 is 1.88 bits per heavy atom. The molecule has 10 rings (SSSR count). The Hall–Kier alpha value is -6.16. The van der Waals surface area contributed by atoms with Gasteiger partial charge >= 0.3 is 0 Å². The van der Waals surface area contributed by atoms with Gasteiger partial charge in [-0.05, 0) is 82.6 Å². The van der Waals surface area contributed by atoms with Gasteiger partial charge in [0.25, 0.3) is 0 Å². The first-order chi connectivity index (χ1) is 24.3. The molecule has 3 heteroatoms. The monoisotopic (exact) mass is 642 g/mol. The first kappa shape index (κ1) is 27.9. The van der Waals surface area contributed by atoms with Crippen LogP contribution >= 0.6 is 11.3 Å². The molecule has 0 saturated heterocycles. The van der Waals surface area contributed by atoms with Crippen LogP contribution in [-0.4, -0.2) is 4.57 Å². The highest BCUT2D eigenvalue weighted by atomic mass is 32.1. The maximum Gasteiger partial charge on any atom is 0.0561 e. The Kier molecular flexibility index (Phi) is 6.39. The van der Waals surface area contributed by atoms with E-state index in [2.05, 4.69) is 191 Å². The lowest BCUT2D eigenvalue weighted by atomic mass is 10.0. The minimum absolute atomic E-state index is 1.11. The summed E-state index contributed by atoms with van der Waals surface area (Å²) in [5.74, 6) is 0. The summed E-state index contributed by atoms with van der Waals surface area (Å²) in [6, 6.07) is 66.2. The number of hydrogen-bond acceptors (Lipinski definition) is 2. The standard InChI is InChI=1S/C46H30N2S/c1-3-12-31(13-4-1)32-14-11-17-35(28-32)47(36-23-26-38-33(29-36)22-25-42-41-19-8-10-21-45(41)49-46(38)42)37-24-27-40-39-18-7-9-20-43(39)48(44(40)30-37)34-15-5-2-6-16-34/h1-30H. The molecule has 0 N–H and O–H groups in total. The molecule has 230 valence electrons. The van der Waals surface area contributed by atoms with E-state index in [0.29, 0.717) is 0 Å². The van der Waals surface area contributed by atoms with Crippen molar-refractivity contribution in [1.29, 1.82) is 0 Å². The maximum atomic E-state index is 2.41. The van der Waals surface area contributed by atoms with Gasteiger partial charge in [0, 0.05) is 53.7 Å². The minimum Gasteiger partial charge on any atom is -0.310 e. The molecule has 0 aliphatic rings. The maximum absolute atomic E-state index is 2.41. The Balaban J connectivity index is 1.21. The molecule has 0 amide bonds. The van der Waals surface area contributed by atoms with Gasteiger partial charge in [0.15, 0.2) is 0 Å². The van der Waals surface area contributed by atoms with Gasteiger partial charge in [-0.15, -0.1) is 11.3 Å². The molecule has 0 saturated carbocycles. The molecule has 49 heavy (non-hydrogen) atoms. The molecular weight excluding hydrogens is 613 g/mol. The summed E-state index contributed by atoms with van der Waals surface area (Å²) in [5, 5.41) is 7.68. The van der Waals surface area contributed by atoms with Crippen LogP contribution in [0.4, 0.5) is 17.1 Å². The number of rotatable bonds is 5. The highest BCUT2D eigenvalue weighted by molar-refractivity contribution is 7.26. The van der Waals surface area contributed by atoms with Gasteiger partial charge in [-0.3, -0.25) is 0 Å². The van der Waals surface area contributed by atoms with E-state index >= 15 is 0 Å². The van der Waals surface area contributed by atoms with Gasteiger partial charge in [-0.2, -0.15) is 0 Å². The molecule has 0 atom stereocenters. The summed E-state index contributed by atoms with van der Waals surface area (Å²) >= 11 is 1.88. The fourth-order valence-corrected chi connectivity index (χ4v) is 8.73. The topological polar surface area (TPSA) is 8.17 Å². The third-order valence-corrected chi connectivity index (χ3v) is 11.0. The zero-order valence-corrected chi connectivity index (χ0v) is 27.4. The quantitative estimate of drug-likeness (QED) is 0.181. The number of fused-ring (bicyclic) bond motifs is 8. The molecule has 8 aromatic carbocycles. The van der Waals surface area contributed by atoms with Crippen LogP contribution in [0.1, 0.15) is 0 Å². The van der Waals surface area contributed by atoms with Crippen molar-refractivity contribution in [3.63, 3.8) is 0 Å². The summed E-state index contributed by atoms with van der Waals surface area (Å²) in [5.41, 5.74) is 9.29. The van der Waals surface area contributed by atoms with E-state index in [4.69, 9.17) is 0 Å². The lowest BCUT2D eigenvalue weighted by molar-refractivity contribution is 1.18. The van der Waals surface area contributed by atoms with E-state index in [-0.39, 0.29) is 0 Å². The van der Waals surface area contributed by atoms with Crippen molar-refractivity contribution in [1.82, 2.24) is 4.57 Å². The molecule has 0 fully saturated rings. The van der Waals surface area contributed by atoms with Crippen LogP contribution in [0.2, 0.25) is 0 Å². The van der Waals surface area contributed by atoms with Gasteiger partial charge in [0.05, 0.1) is 11.0 Å². The summed E-state index contributed by atoms with van der Waals surface area (Å²) < 4.78 is 5.07. The van der Waals surface area contributed by atoms with E-state index in [0.717, 1.165) is 22.7 Å². The van der Waals surface area contributed by atoms with Crippen molar-refractivity contribution in [2.24, 2.45) is 0 Å². The second-order valence-electron chi connectivity index (χ2n) is 12.6. The fourth-order valence-electron chi connectivity index (χ4n) is 7.49. The van der Waals surface area contributed by atoms with Crippen molar-refractivity contribution in [3.8, 4) is 16.8 Å². The molecule has 10 aromatic rings. The molecule has 0 radical (unpaired) electrons. The zero-order valence-electron chi connectivity index (χ0n) is 26.6. The largest absolute Gasteiger partial charge is 0.310 e. The van der Waals surface area contributed by atoms with E-state index in [9.17, 15) is 0 Å². The molecule has 0 bridgehead atoms. The predicted molar refractivity (Wildman–Crippen MR) is 211 cm³/mol. The normalized spacial score (nSPS) is 11.7. The SMILES string of the molecule is c1ccc(-c2cccc(N(c3ccc4c(ccc5c6ccccc6sc45)c3)c3ccc4c5ccccc5n(-c5ccccc5)c4c3)c2)cc1. The summed E-state index contributed by atoms with van der Waals surface area (Å²) in [6.45, 7) is 0. The highest BCUT2D eigenvalue weighted by Gasteiger charge is 2.19. The average Bonchev–Trinajstić information content (AvgIpc) is 3.71. The van der Waals surface area contributed by atoms with E-state index in [1.54, 1.807) is 0 Å². The number of para-hydroxylation sites is 2. The molecule has 0 unspecified atom stereocenters. The first-order valence-electron chi connectivity index (χ1n) is 16.7. The summed E-state index contributed by atoms with van der Waals surface area (Å²) in [4.78, 5) is 2.41. The third-order valence-electron chi connectivity index (χ3n) is 9.74. The third kappa shape index (κ3) is 4.55. The first-order valence-corrected chi connectivity index (χ1v) is 17.5. The van der Waals surface area contributed by atoms with Crippen LogP contribution in [-0.2, 0) is 0 Å². The number of aromatic nitrogens is 1. The Labute approximate surface area is 288 Å². The van der Waals surface area contributed by atoms with Crippen LogP contribution in [0.5, 0.6) is 0 Å². The van der Waals surface area contributed by atoms with Gasteiger partial charge in [-0.1, -0.05) is 121 Å². The lowest BCUT2D eigenvalue weighted by Gasteiger charge is -2.27. The van der Waals surface area contributed by atoms with Crippen molar-refractivity contribution < 1.29 is 0 Å². The minimum atomic E-state index is 1.11. The average molecular weight is 643 g/mol. The smallest absolute Gasteiger partial charge is 0.0561 e. The van der Waals surface area contributed by atoms with E-state index in [1.807, 2.05) is 11.3 Å². The van der Waals surface area contributed by atoms with Crippen LogP contribution in [0.3, 0.4) is 0 Å². The second-order valence-corrected chi connectivity index (χ2v) is 13.6. The second kappa shape index (κ2) is 11.2. The van der Waals surface area contributed by atoms with E-state index in [1.165, 1.54) is 63.9 Å². The summed E-state index contributed by atoms with van der Waals surface area (Å²) in [7, 11) is 0. The fraction of sp³-hybridized carbons (Fsp3) is 0. The van der Waals surface area contributed by atoms with Gasteiger partial charge in [-0.25, -0.2) is 0 Å². The Morgan fingerprint density at radius 1 is 0.388 bits per heavy atom. The van der Waals surface area contributed by atoms with Crippen LogP contribution < -0.4 is 4.90 Å². The van der Waals surface area contributed by atoms with Gasteiger partial charge < -0.3 is 9.47 Å². The van der Waals surface area contributed by atoms with Crippen LogP contribution in [0, 0.1) is 0 Å². The molecule has 2 aromatic heterocycles. The number of thiophene rings is 1. The van der Waals surface area contributed by atoms with E-state index < -0.39 is 0 Å². The lowest BCUT2D eigenvalue weighted by Crippen LogP contribution is -2.10. The Bertz CT molecular complexity index is 2830. The molecule has 0 aliphatic heterocycles. The predicted octanol–water partition coefficient (Wildman–Crippen LogP) is 13.4. The molecule has 0 spiro atoms.